The zero-order valence-electron chi connectivity index (χ0n) is 13.6. The number of benzene rings is 2. The Morgan fingerprint density at radius 2 is 1.79 bits per heavy atom. The van der Waals surface area contributed by atoms with Gasteiger partial charge in [0.15, 0.2) is 0 Å². The van der Waals surface area contributed by atoms with Gasteiger partial charge in [-0.2, -0.15) is 0 Å². The molecule has 0 radical (unpaired) electrons. The highest BCUT2D eigenvalue weighted by atomic mass is 16.2. The number of likely N-dealkylation sites (tertiary alicyclic amines) is 1. The molecular formula is C19H20N4O. The number of aryl methyl sites for hydroxylation is 1. The summed E-state index contributed by atoms with van der Waals surface area (Å²) in [6.07, 6.45) is 1.08. The maximum absolute atomic E-state index is 12.5. The third-order valence-electron chi connectivity index (χ3n) is 4.62. The van der Waals surface area contributed by atoms with E-state index in [0.717, 1.165) is 41.9 Å². The Kier molecular flexibility index (Phi) is 3.69. The summed E-state index contributed by atoms with van der Waals surface area (Å²) < 4.78 is 2.06. The molecule has 122 valence electrons. The monoisotopic (exact) mass is 320 g/mol. The lowest BCUT2D eigenvalue weighted by Gasteiger charge is -2.32. The molecule has 1 atom stereocenters. The van der Waals surface area contributed by atoms with Gasteiger partial charge < -0.3 is 14.8 Å². The summed E-state index contributed by atoms with van der Waals surface area (Å²) in [5.74, 6) is 0.844. The molecule has 5 heteroatoms. The highest BCUT2D eigenvalue weighted by Gasteiger charge is 2.27. The Labute approximate surface area is 140 Å². The average Bonchev–Trinajstić information content (AvgIpc) is 2.89. The van der Waals surface area contributed by atoms with E-state index in [1.54, 1.807) is 0 Å². The minimum Gasteiger partial charge on any atom is -0.329 e. The molecule has 2 heterocycles. The Bertz CT molecular complexity index is 867. The number of hydrogen-bond acceptors (Lipinski definition) is 2. The molecule has 0 saturated carbocycles. The van der Waals surface area contributed by atoms with Crippen molar-refractivity contribution in [1.29, 1.82) is 0 Å². The van der Waals surface area contributed by atoms with Crippen LogP contribution in [0.25, 0.3) is 11.0 Å². The van der Waals surface area contributed by atoms with Crippen LogP contribution in [-0.4, -0.2) is 33.6 Å². The third-order valence-corrected chi connectivity index (χ3v) is 4.62. The highest BCUT2D eigenvalue weighted by Crippen LogP contribution is 2.25. The standard InChI is InChI=1S/C19H20N4O/c1-22-16-11-6-5-10-15(16)20-18(22)17(14-8-3-2-4-9-14)21-19(24)23-12-7-13-23/h2-6,8-11,17H,7,12-13H2,1H3,(H,21,24)/t17-/m0/s1. The third kappa shape index (κ3) is 2.52. The van der Waals surface area contributed by atoms with Gasteiger partial charge in [0.2, 0.25) is 0 Å². The molecule has 4 rings (SSSR count). The molecule has 1 saturated heterocycles. The van der Waals surface area contributed by atoms with Crippen molar-refractivity contribution >= 4 is 17.1 Å². The van der Waals surface area contributed by atoms with Crippen LogP contribution in [0.4, 0.5) is 4.79 Å². The van der Waals surface area contributed by atoms with Crippen LogP contribution in [0, 0.1) is 0 Å². The van der Waals surface area contributed by atoms with Crippen LogP contribution < -0.4 is 5.32 Å². The summed E-state index contributed by atoms with van der Waals surface area (Å²) >= 11 is 0. The summed E-state index contributed by atoms with van der Waals surface area (Å²) in [4.78, 5) is 19.1. The molecule has 2 amide bonds. The van der Waals surface area contributed by atoms with Crippen LogP contribution in [0.5, 0.6) is 0 Å². The molecule has 3 aromatic rings. The van der Waals surface area contributed by atoms with Gasteiger partial charge in [0.05, 0.1) is 11.0 Å². The quantitative estimate of drug-likeness (QED) is 0.806. The summed E-state index contributed by atoms with van der Waals surface area (Å²) in [7, 11) is 2.00. The van der Waals surface area contributed by atoms with E-state index in [9.17, 15) is 4.79 Å². The molecular weight excluding hydrogens is 300 g/mol. The lowest BCUT2D eigenvalue weighted by molar-refractivity contribution is 0.165. The number of hydrogen-bond donors (Lipinski definition) is 1. The van der Waals surface area contributed by atoms with E-state index < -0.39 is 0 Å². The number of aromatic nitrogens is 2. The summed E-state index contributed by atoms with van der Waals surface area (Å²) in [6.45, 7) is 1.66. The minimum atomic E-state index is -0.267. The predicted octanol–water partition coefficient (Wildman–Crippen LogP) is 3.08. The second-order valence-electron chi connectivity index (χ2n) is 6.15. The fourth-order valence-electron chi connectivity index (χ4n) is 3.10. The Hall–Kier alpha value is -2.82. The first-order chi connectivity index (χ1) is 11.7. The number of nitrogens with one attached hydrogen (secondary N) is 1. The number of fused-ring (bicyclic) bond motifs is 1. The highest BCUT2D eigenvalue weighted by molar-refractivity contribution is 5.78. The Balaban J connectivity index is 1.76. The van der Waals surface area contributed by atoms with E-state index in [1.165, 1.54) is 0 Å². The summed E-state index contributed by atoms with van der Waals surface area (Å²) in [6, 6.07) is 17.7. The smallest absolute Gasteiger partial charge is 0.318 e. The van der Waals surface area contributed by atoms with Crippen molar-refractivity contribution in [2.45, 2.75) is 12.5 Å². The molecule has 1 aliphatic rings. The molecule has 0 aliphatic carbocycles. The van der Waals surface area contributed by atoms with E-state index >= 15 is 0 Å². The van der Waals surface area contributed by atoms with Crippen LogP contribution in [0.3, 0.4) is 0 Å². The normalized spacial score (nSPS) is 15.1. The molecule has 24 heavy (non-hydrogen) atoms. The van der Waals surface area contributed by atoms with Gasteiger partial charge in [0, 0.05) is 20.1 Å². The molecule has 1 aliphatic heterocycles. The first-order valence-electron chi connectivity index (χ1n) is 8.26. The molecule has 5 nitrogen and oxygen atoms in total. The first-order valence-corrected chi connectivity index (χ1v) is 8.26. The fraction of sp³-hybridized carbons (Fsp3) is 0.263. The number of para-hydroxylation sites is 2. The number of amides is 2. The van der Waals surface area contributed by atoms with Gasteiger partial charge in [-0.25, -0.2) is 9.78 Å². The van der Waals surface area contributed by atoms with E-state index in [1.807, 2.05) is 66.5 Å². The van der Waals surface area contributed by atoms with Crippen LogP contribution in [0.15, 0.2) is 54.6 Å². The van der Waals surface area contributed by atoms with Gasteiger partial charge in [-0.3, -0.25) is 0 Å². The van der Waals surface area contributed by atoms with Gasteiger partial charge in [0.1, 0.15) is 11.9 Å². The van der Waals surface area contributed by atoms with E-state index in [4.69, 9.17) is 4.98 Å². The van der Waals surface area contributed by atoms with Crippen LogP contribution in [0.1, 0.15) is 23.9 Å². The Morgan fingerprint density at radius 3 is 2.46 bits per heavy atom. The van der Waals surface area contributed by atoms with Crippen LogP contribution >= 0.6 is 0 Å². The summed E-state index contributed by atoms with van der Waals surface area (Å²) in [5, 5.41) is 3.16. The van der Waals surface area contributed by atoms with Crippen molar-refractivity contribution < 1.29 is 4.79 Å². The van der Waals surface area contributed by atoms with Gasteiger partial charge in [0.25, 0.3) is 0 Å². The molecule has 1 aromatic heterocycles. The van der Waals surface area contributed by atoms with Crippen molar-refractivity contribution in [3.05, 3.63) is 66.0 Å². The summed E-state index contributed by atoms with van der Waals surface area (Å²) in [5.41, 5.74) is 3.03. The van der Waals surface area contributed by atoms with Crippen molar-refractivity contribution in [2.75, 3.05) is 13.1 Å². The molecule has 0 unspecified atom stereocenters. The number of urea groups is 1. The zero-order chi connectivity index (χ0) is 16.5. The van der Waals surface area contributed by atoms with Crippen molar-refractivity contribution in [1.82, 2.24) is 19.8 Å². The number of nitrogens with zero attached hydrogens (tertiary/aromatic N) is 3. The van der Waals surface area contributed by atoms with Gasteiger partial charge in [-0.15, -0.1) is 0 Å². The average molecular weight is 320 g/mol. The van der Waals surface area contributed by atoms with Crippen LogP contribution in [0.2, 0.25) is 0 Å². The number of imidazole rings is 1. The van der Waals surface area contributed by atoms with Crippen LogP contribution in [-0.2, 0) is 7.05 Å². The largest absolute Gasteiger partial charge is 0.329 e. The number of carbonyl (C=O) groups excluding carboxylic acids is 1. The van der Waals surface area contributed by atoms with Crippen molar-refractivity contribution in [2.24, 2.45) is 7.05 Å². The maximum Gasteiger partial charge on any atom is 0.318 e. The molecule has 0 spiro atoms. The number of carbonyl (C=O) groups is 1. The predicted molar refractivity (Wildman–Crippen MR) is 93.7 cm³/mol. The SMILES string of the molecule is Cn1c([C@@H](NC(=O)N2CCC2)c2ccccc2)nc2ccccc21. The number of rotatable bonds is 3. The fourth-order valence-corrected chi connectivity index (χ4v) is 3.10. The van der Waals surface area contributed by atoms with Crippen molar-refractivity contribution in [3.8, 4) is 0 Å². The second-order valence-corrected chi connectivity index (χ2v) is 6.15. The molecule has 1 fully saturated rings. The van der Waals surface area contributed by atoms with Gasteiger partial charge in [-0.1, -0.05) is 42.5 Å². The van der Waals surface area contributed by atoms with Gasteiger partial charge in [-0.05, 0) is 24.1 Å². The molecule has 0 bridgehead atoms. The van der Waals surface area contributed by atoms with E-state index in [2.05, 4.69) is 9.88 Å². The lowest BCUT2D eigenvalue weighted by Crippen LogP contribution is -2.49. The lowest BCUT2D eigenvalue weighted by atomic mass is 10.1. The van der Waals surface area contributed by atoms with Gasteiger partial charge >= 0.3 is 6.03 Å². The topological polar surface area (TPSA) is 50.2 Å². The zero-order valence-corrected chi connectivity index (χ0v) is 13.6. The Morgan fingerprint density at radius 1 is 1.08 bits per heavy atom. The molecule has 2 aromatic carbocycles. The maximum atomic E-state index is 12.5. The van der Waals surface area contributed by atoms with E-state index in [-0.39, 0.29) is 12.1 Å². The first kappa shape index (κ1) is 14.8. The second kappa shape index (κ2) is 6.00. The molecule has 1 N–H and O–H groups in total. The van der Waals surface area contributed by atoms with E-state index in [0.29, 0.717) is 0 Å². The van der Waals surface area contributed by atoms with Crippen molar-refractivity contribution in [3.63, 3.8) is 0 Å². The minimum absolute atomic E-state index is 0.0258.